The molecule has 0 amide bonds. The summed E-state index contributed by atoms with van der Waals surface area (Å²) in [6.45, 7) is 3.98. The van der Waals surface area contributed by atoms with Gasteiger partial charge in [0.2, 0.25) is 0 Å². The predicted octanol–water partition coefficient (Wildman–Crippen LogP) is -1.03. The highest BCUT2D eigenvalue weighted by Gasteiger charge is 2.19. The van der Waals surface area contributed by atoms with E-state index in [9.17, 15) is 0 Å². The summed E-state index contributed by atoms with van der Waals surface area (Å²) in [5, 5.41) is 7.97. The van der Waals surface area contributed by atoms with Gasteiger partial charge in [0.05, 0.1) is 18.4 Å². The molecule has 2 rings (SSSR count). The molecule has 15 heavy (non-hydrogen) atoms. The lowest BCUT2D eigenvalue weighted by molar-refractivity contribution is -0.0264. The second-order valence-corrected chi connectivity index (χ2v) is 3.85. The van der Waals surface area contributed by atoms with Gasteiger partial charge in [-0.25, -0.2) is 0 Å². The molecule has 2 heterocycles. The summed E-state index contributed by atoms with van der Waals surface area (Å²) in [6.07, 6.45) is 2.10. The van der Waals surface area contributed by atoms with Crippen molar-refractivity contribution >= 4 is 0 Å². The molecule has 6 nitrogen and oxygen atoms in total. The van der Waals surface area contributed by atoms with E-state index in [4.69, 9.17) is 10.5 Å². The highest BCUT2D eigenvalue weighted by atomic mass is 16.5. The number of nitrogens with zero attached hydrogens (tertiary/aromatic N) is 4. The first-order valence-corrected chi connectivity index (χ1v) is 5.17. The topological polar surface area (TPSA) is 69.2 Å². The molecule has 0 saturated carbocycles. The van der Waals surface area contributed by atoms with Gasteiger partial charge in [-0.1, -0.05) is 5.21 Å². The third-order valence-corrected chi connectivity index (χ3v) is 2.52. The van der Waals surface area contributed by atoms with E-state index in [1.807, 2.05) is 13.2 Å². The molecule has 0 aromatic carbocycles. The first kappa shape index (κ1) is 10.5. The standard InChI is InChI=1S/C9H17N5O/c1-13-5-8(11-12-13)6-14-2-3-15-9(4-10)7-14/h5,9H,2-4,6-7,10H2,1H3. The zero-order valence-electron chi connectivity index (χ0n) is 8.96. The van der Waals surface area contributed by atoms with Crippen LogP contribution in [0.25, 0.3) is 0 Å². The minimum absolute atomic E-state index is 0.162. The lowest BCUT2D eigenvalue weighted by Gasteiger charge is -2.31. The summed E-state index contributed by atoms with van der Waals surface area (Å²) in [4.78, 5) is 2.30. The molecule has 2 N–H and O–H groups in total. The van der Waals surface area contributed by atoms with Gasteiger partial charge in [0.15, 0.2) is 0 Å². The van der Waals surface area contributed by atoms with Crippen molar-refractivity contribution in [2.24, 2.45) is 12.8 Å². The number of nitrogens with two attached hydrogens (primary N) is 1. The van der Waals surface area contributed by atoms with E-state index in [0.29, 0.717) is 6.54 Å². The number of morpholine rings is 1. The summed E-state index contributed by atoms with van der Waals surface area (Å²) in [5.41, 5.74) is 6.57. The van der Waals surface area contributed by atoms with E-state index in [2.05, 4.69) is 15.2 Å². The Morgan fingerprint density at radius 2 is 2.53 bits per heavy atom. The lowest BCUT2D eigenvalue weighted by Crippen LogP contribution is -2.45. The van der Waals surface area contributed by atoms with Crippen molar-refractivity contribution in [2.45, 2.75) is 12.6 Å². The Morgan fingerprint density at radius 1 is 1.67 bits per heavy atom. The fourth-order valence-electron chi connectivity index (χ4n) is 1.76. The van der Waals surface area contributed by atoms with Crippen LogP contribution in [-0.4, -0.2) is 52.2 Å². The summed E-state index contributed by atoms with van der Waals surface area (Å²) < 4.78 is 7.21. The SMILES string of the molecule is Cn1cc(CN2CCOC(CN)C2)nn1. The second-order valence-electron chi connectivity index (χ2n) is 3.85. The maximum Gasteiger partial charge on any atom is 0.0967 e. The molecule has 0 aliphatic carbocycles. The van der Waals surface area contributed by atoms with E-state index < -0.39 is 0 Å². The van der Waals surface area contributed by atoms with Crippen molar-refractivity contribution in [3.63, 3.8) is 0 Å². The van der Waals surface area contributed by atoms with Crippen LogP contribution in [0, 0.1) is 0 Å². The van der Waals surface area contributed by atoms with Gasteiger partial charge < -0.3 is 10.5 Å². The first-order chi connectivity index (χ1) is 7.28. The van der Waals surface area contributed by atoms with Crippen molar-refractivity contribution in [3.8, 4) is 0 Å². The van der Waals surface area contributed by atoms with Gasteiger partial charge in [0.25, 0.3) is 0 Å². The van der Waals surface area contributed by atoms with Gasteiger partial charge in [-0.2, -0.15) is 0 Å². The van der Waals surface area contributed by atoms with Crippen LogP contribution in [0.5, 0.6) is 0 Å². The van der Waals surface area contributed by atoms with Crippen LogP contribution in [0.4, 0.5) is 0 Å². The number of aryl methyl sites for hydroxylation is 1. The molecule has 84 valence electrons. The maximum absolute atomic E-state index is 5.58. The molecular formula is C9H17N5O. The Balaban J connectivity index is 1.88. The highest BCUT2D eigenvalue weighted by Crippen LogP contribution is 2.07. The molecule has 6 heteroatoms. The summed E-state index contributed by atoms with van der Waals surface area (Å²) >= 11 is 0. The van der Waals surface area contributed by atoms with E-state index in [-0.39, 0.29) is 6.10 Å². The van der Waals surface area contributed by atoms with Gasteiger partial charge in [-0.15, -0.1) is 5.10 Å². The first-order valence-electron chi connectivity index (χ1n) is 5.17. The Labute approximate surface area is 89.0 Å². The third-order valence-electron chi connectivity index (χ3n) is 2.52. The van der Waals surface area contributed by atoms with E-state index in [0.717, 1.165) is 31.9 Å². The molecule has 1 aromatic heterocycles. The van der Waals surface area contributed by atoms with Gasteiger partial charge in [-0.05, 0) is 0 Å². The molecule has 1 unspecified atom stereocenters. The number of hydrogen-bond acceptors (Lipinski definition) is 5. The quantitative estimate of drug-likeness (QED) is 0.692. The maximum atomic E-state index is 5.58. The molecule has 1 fully saturated rings. The van der Waals surface area contributed by atoms with Crippen LogP contribution in [0.1, 0.15) is 5.69 Å². The Hall–Kier alpha value is -0.980. The van der Waals surface area contributed by atoms with Crippen LogP contribution >= 0.6 is 0 Å². The smallest absolute Gasteiger partial charge is 0.0967 e. The van der Waals surface area contributed by atoms with Crippen LogP contribution in [0.2, 0.25) is 0 Å². The van der Waals surface area contributed by atoms with Crippen LogP contribution in [0.15, 0.2) is 6.20 Å². The third kappa shape index (κ3) is 2.74. The van der Waals surface area contributed by atoms with Crippen molar-refractivity contribution < 1.29 is 4.74 Å². The Kier molecular flexibility index (Phi) is 3.30. The van der Waals surface area contributed by atoms with Crippen LogP contribution in [-0.2, 0) is 18.3 Å². The Bertz CT molecular complexity index is 313. The van der Waals surface area contributed by atoms with Crippen molar-refractivity contribution in [1.29, 1.82) is 0 Å². The molecule has 0 radical (unpaired) electrons. The van der Waals surface area contributed by atoms with Gasteiger partial charge in [0, 0.05) is 39.4 Å². The minimum atomic E-state index is 0.162. The monoisotopic (exact) mass is 211 g/mol. The van der Waals surface area contributed by atoms with Gasteiger partial charge in [0.1, 0.15) is 0 Å². The van der Waals surface area contributed by atoms with Crippen molar-refractivity contribution in [2.75, 3.05) is 26.2 Å². The zero-order valence-corrected chi connectivity index (χ0v) is 8.96. The number of hydrogen-bond donors (Lipinski definition) is 1. The highest BCUT2D eigenvalue weighted by molar-refractivity contribution is 4.92. The Morgan fingerprint density at radius 3 is 3.20 bits per heavy atom. The van der Waals surface area contributed by atoms with Crippen LogP contribution < -0.4 is 5.73 Å². The largest absolute Gasteiger partial charge is 0.374 e. The average molecular weight is 211 g/mol. The van der Waals surface area contributed by atoms with E-state index in [1.54, 1.807) is 4.68 Å². The van der Waals surface area contributed by atoms with Crippen LogP contribution in [0.3, 0.4) is 0 Å². The summed E-state index contributed by atoms with van der Waals surface area (Å²) in [5.74, 6) is 0. The molecule has 1 aliphatic heterocycles. The number of rotatable bonds is 3. The molecule has 0 spiro atoms. The molecule has 0 bridgehead atoms. The molecule has 1 atom stereocenters. The number of ether oxygens (including phenoxy) is 1. The molecule has 1 aliphatic rings. The normalized spacial score (nSPS) is 23.2. The predicted molar refractivity (Wildman–Crippen MR) is 55.1 cm³/mol. The fourth-order valence-corrected chi connectivity index (χ4v) is 1.76. The van der Waals surface area contributed by atoms with E-state index >= 15 is 0 Å². The second kappa shape index (κ2) is 4.69. The minimum Gasteiger partial charge on any atom is -0.374 e. The average Bonchev–Trinajstić information content (AvgIpc) is 2.64. The summed E-state index contributed by atoms with van der Waals surface area (Å²) in [7, 11) is 1.87. The fraction of sp³-hybridized carbons (Fsp3) is 0.778. The summed E-state index contributed by atoms with van der Waals surface area (Å²) in [6, 6.07) is 0. The molecular weight excluding hydrogens is 194 g/mol. The molecule has 1 saturated heterocycles. The van der Waals surface area contributed by atoms with Crippen molar-refractivity contribution in [1.82, 2.24) is 19.9 Å². The number of aromatic nitrogens is 3. The van der Waals surface area contributed by atoms with Gasteiger partial charge >= 0.3 is 0 Å². The van der Waals surface area contributed by atoms with E-state index in [1.165, 1.54) is 0 Å². The van der Waals surface area contributed by atoms with Crippen molar-refractivity contribution in [3.05, 3.63) is 11.9 Å². The molecule has 1 aromatic rings. The zero-order chi connectivity index (χ0) is 10.7. The lowest BCUT2D eigenvalue weighted by atomic mass is 10.2. The van der Waals surface area contributed by atoms with Gasteiger partial charge in [-0.3, -0.25) is 9.58 Å².